The maximum absolute atomic E-state index is 13.2. The zero-order chi connectivity index (χ0) is 34.1. The third-order valence-corrected chi connectivity index (χ3v) is 8.56. The van der Waals surface area contributed by atoms with Gasteiger partial charge in [-0.25, -0.2) is 14.3 Å². The summed E-state index contributed by atoms with van der Waals surface area (Å²) in [6.07, 6.45) is 0.250. The molecular formula is C27H33N8O10S2+. The summed E-state index contributed by atoms with van der Waals surface area (Å²) in [6.45, 7) is 5.08. The van der Waals surface area contributed by atoms with E-state index < -0.39 is 58.2 Å². The molecule has 2 aliphatic rings. The lowest BCUT2D eigenvalue weighted by atomic mass is 9.84. The SMILES string of the molecule is C[n+]1cc2cc(OC[C@H](O/N=C(\C(=O)NC3C(=O)N(OS(=O)(=O)O)C3(C)C)c3csc(N)n3)C(=O)O)ccc2cc1NCC1CNC1. The number of amides is 2. The molecule has 0 radical (unpaired) electrons. The molecule has 2 aliphatic heterocycles. The summed E-state index contributed by atoms with van der Waals surface area (Å²) >= 11 is 0.965. The quantitative estimate of drug-likeness (QED) is 0.0407. The number of oxime groups is 1. The summed E-state index contributed by atoms with van der Waals surface area (Å²) in [5.41, 5.74) is 3.69. The molecule has 2 amide bonds. The van der Waals surface area contributed by atoms with E-state index >= 15 is 0 Å². The van der Waals surface area contributed by atoms with Gasteiger partial charge in [-0.3, -0.25) is 19.5 Å². The smallest absolute Gasteiger partial charge is 0.418 e. The highest BCUT2D eigenvalue weighted by molar-refractivity contribution is 7.80. The molecule has 4 heterocycles. The van der Waals surface area contributed by atoms with Crippen LogP contribution < -0.4 is 31.0 Å². The van der Waals surface area contributed by atoms with Gasteiger partial charge in [-0.2, -0.15) is 13.5 Å². The minimum atomic E-state index is -5.01. The Hall–Kier alpha value is -4.63. The molecule has 20 heteroatoms. The molecule has 252 valence electrons. The highest BCUT2D eigenvalue weighted by Crippen LogP contribution is 2.33. The summed E-state index contributed by atoms with van der Waals surface area (Å²) in [7, 11) is -3.10. The zero-order valence-corrected chi connectivity index (χ0v) is 27.0. The van der Waals surface area contributed by atoms with Gasteiger partial charge in [-0.15, -0.1) is 15.6 Å². The van der Waals surface area contributed by atoms with Crippen molar-refractivity contribution in [3.05, 3.63) is 41.5 Å². The third kappa shape index (κ3) is 7.68. The first-order valence-electron chi connectivity index (χ1n) is 14.1. The number of benzene rings is 1. The molecule has 2 aromatic heterocycles. The van der Waals surface area contributed by atoms with E-state index in [1.807, 2.05) is 29.9 Å². The van der Waals surface area contributed by atoms with E-state index in [1.54, 1.807) is 12.1 Å². The molecule has 0 spiro atoms. The van der Waals surface area contributed by atoms with Gasteiger partial charge in [0.1, 0.15) is 24.1 Å². The van der Waals surface area contributed by atoms with Crippen LogP contribution in [0.3, 0.4) is 0 Å². The monoisotopic (exact) mass is 693 g/mol. The number of hydroxylamine groups is 2. The number of hydrogen-bond acceptors (Lipinski definition) is 14. The lowest BCUT2D eigenvalue weighted by molar-refractivity contribution is -0.655. The number of carbonyl (C=O) groups is 3. The number of carboxylic acid groups (broad SMARTS) is 1. The van der Waals surface area contributed by atoms with Crippen molar-refractivity contribution in [2.75, 3.05) is 37.3 Å². The van der Waals surface area contributed by atoms with Crippen LogP contribution in [0.15, 0.2) is 41.0 Å². The number of fused-ring (bicyclic) bond motifs is 1. The number of ether oxygens (including phenoxy) is 1. The Morgan fingerprint density at radius 2 is 2.04 bits per heavy atom. The van der Waals surface area contributed by atoms with Crippen LogP contribution in [-0.2, 0) is 41.0 Å². The number of nitrogens with zero attached hydrogens (tertiary/aromatic N) is 4. The molecule has 1 unspecified atom stereocenters. The lowest BCUT2D eigenvalue weighted by Gasteiger charge is -2.50. The first-order chi connectivity index (χ1) is 22.1. The molecule has 1 aromatic carbocycles. The number of aliphatic carboxylic acids is 1. The van der Waals surface area contributed by atoms with Crippen molar-refractivity contribution in [1.82, 2.24) is 20.7 Å². The predicted molar refractivity (Wildman–Crippen MR) is 167 cm³/mol. The largest absolute Gasteiger partial charge is 0.489 e. The van der Waals surface area contributed by atoms with Gasteiger partial charge in [0.25, 0.3) is 23.7 Å². The van der Waals surface area contributed by atoms with Crippen LogP contribution in [0.1, 0.15) is 19.5 Å². The molecule has 5 rings (SSSR count). The van der Waals surface area contributed by atoms with Crippen molar-refractivity contribution in [3.63, 3.8) is 0 Å². The van der Waals surface area contributed by atoms with Crippen LogP contribution in [0.5, 0.6) is 5.75 Å². The van der Waals surface area contributed by atoms with Gasteiger partial charge < -0.3 is 31.0 Å². The van der Waals surface area contributed by atoms with Crippen molar-refractivity contribution in [2.24, 2.45) is 18.1 Å². The van der Waals surface area contributed by atoms with Crippen LogP contribution in [0.25, 0.3) is 10.8 Å². The Morgan fingerprint density at radius 3 is 2.64 bits per heavy atom. The van der Waals surface area contributed by atoms with Gasteiger partial charge in [0.15, 0.2) is 10.8 Å². The van der Waals surface area contributed by atoms with E-state index in [9.17, 15) is 27.9 Å². The van der Waals surface area contributed by atoms with Crippen LogP contribution in [0.2, 0.25) is 0 Å². The number of hydrogen-bond donors (Lipinski definition) is 6. The highest BCUT2D eigenvalue weighted by Gasteiger charge is 2.58. The normalized spacial score (nSPS) is 18.6. The molecule has 0 bridgehead atoms. The Balaban J connectivity index is 1.27. The van der Waals surface area contributed by atoms with Gasteiger partial charge >= 0.3 is 16.4 Å². The zero-order valence-electron chi connectivity index (χ0n) is 25.4. The number of nitrogens with one attached hydrogen (secondary N) is 3. The number of carboxylic acids is 1. The number of rotatable bonds is 14. The summed E-state index contributed by atoms with van der Waals surface area (Å²) in [4.78, 5) is 47.0. The molecule has 47 heavy (non-hydrogen) atoms. The number of carbonyl (C=O) groups excluding carboxylic acids is 2. The van der Waals surface area contributed by atoms with Crippen LogP contribution in [0, 0.1) is 5.92 Å². The molecule has 0 saturated carbocycles. The minimum absolute atomic E-state index is 0.0645. The molecule has 7 N–H and O–H groups in total. The Labute approximate surface area is 272 Å². The molecule has 18 nitrogen and oxygen atoms in total. The summed E-state index contributed by atoms with van der Waals surface area (Å²) < 4.78 is 43.1. The van der Waals surface area contributed by atoms with Crippen molar-refractivity contribution >= 4 is 67.0 Å². The number of anilines is 2. The fraction of sp³-hybridized carbons (Fsp3) is 0.407. The van der Waals surface area contributed by atoms with Crippen molar-refractivity contribution in [2.45, 2.75) is 31.5 Å². The number of nitrogen functional groups attached to an aromatic ring is 1. The van der Waals surface area contributed by atoms with E-state index in [-0.39, 0.29) is 10.8 Å². The van der Waals surface area contributed by atoms with Gasteiger partial charge in [-0.1, -0.05) is 11.2 Å². The third-order valence-electron chi connectivity index (χ3n) is 7.55. The average molecular weight is 694 g/mol. The predicted octanol–water partition coefficient (Wildman–Crippen LogP) is -0.573. The second-order valence-electron chi connectivity index (χ2n) is 11.4. The van der Waals surface area contributed by atoms with Gasteiger partial charge in [0.05, 0.1) is 25.3 Å². The topological polar surface area (TPSA) is 248 Å². The number of pyridine rings is 1. The fourth-order valence-electron chi connectivity index (χ4n) is 4.79. The number of thiazole rings is 1. The van der Waals surface area contributed by atoms with E-state index in [1.165, 1.54) is 19.2 Å². The van der Waals surface area contributed by atoms with E-state index in [0.29, 0.717) is 16.7 Å². The molecule has 2 fully saturated rings. The standard InChI is InChI=1S/C27H32N8O10S2/c1-27(2)22(24(37)35(27)45-47(40,41)42)32-23(36)21(18-13-46-26(28)31-18)33-44-19(25(38)39)12-43-17-5-4-15-7-20(30-10-14-8-29-9-14)34(3)11-16(15)6-17/h4-7,11,13-14,19,22,29H,8-10,12H2,1-3H3,(H5,28,31,32,36,38,39,40,41,42)/p+1/b33-21-/t19-,22?/m0/s1. The Bertz CT molecular complexity index is 1840. The fourth-order valence-corrected chi connectivity index (χ4v) is 5.79. The van der Waals surface area contributed by atoms with Gasteiger partial charge in [-0.05, 0) is 31.4 Å². The number of β-lactam (4-membered cyclic amide) rings is 1. The summed E-state index contributed by atoms with van der Waals surface area (Å²) in [5, 5.41) is 26.2. The minimum Gasteiger partial charge on any atom is -0.489 e. The molecular weight excluding hydrogens is 660 g/mol. The molecule has 2 saturated heterocycles. The Morgan fingerprint density at radius 1 is 1.30 bits per heavy atom. The van der Waals surface area contributed by atoms with Gasteiger partial charge in [0.2, 0.25) is 0 Å². The first-order valence-corrected chi connectivity index (χ1v) is 16.4. The lowest BCUT2D eigenvalue weighted by Crippen LogP contribution is -2.76. The second-order valence-corrected chi connectivity index (χ2v) is 13.3. The highest BCUT2D eigenvalue weighted by atomic mass is 32.3. The molecule has 3 aromatic rings. The number of aryl methyl sites for hydroxylation is 1. The Kier molecular flexibility index (Phi) is 9.50. The van der Waals surface area contributed by atoms with Crippen molar-refractivity contribution in [3.8, 4) is 5.75 Å². The number of aromatic nitrogens is 2. The molecule has 2 atom stereocenters. The maximum atomic E-state index is 13.2. The van der Waals surface area contributed by atoms with E-state index in [0.717, 1.165) is 47.6 Å². The van der Waals surface area contributed by atoms with Gasteiger partial charge in [0, 0.05) is 35.8 Å². The van der Waals surface area contributed by atoms with Crippen LogP contribution in [0.4, 0.5) is 10.9 Å². The van der Waals surface area contributed by atoms with Crippen LogP contribution in [-0.4, -0.2) is 95.5 Å². The van der Waals surface area contributed by atoms with E-state index in [2.05, 4.69) is 30.4 Å². The van der Waals surface area contributed by atoms with E-state index in [4.69, 9.17) is 19.9 Å². The molecule has 0 aliphatic carbocycles. The second kappa shape index (κ2) is 13.2. The summed E-state index contributed by atoms with van der Waals surface area (Å²) in [6, 6.07) is 5.97. The summed E-state index contributed by atoms with van der Waals surface area (Å²) in [5.74, 6) is -1.54. The van der Waals surface area contributed by atoms with Crippen molar-refractivity contribution < 1.29 is 50.9 Å². The van der Waals surface area contributed by atoms with Crippen molar-refractivity contribution in [1.29, 1.82) is 0 Å². The maximum Gasteiger partial charge on any atom is 0.418 e. The van der Waals surface area contributed by atoms with Crippen LogP contribution >= 0.6 is 11.3 Å². The first kappa shape index (κ1) is 33.7. The number of nitrogens with two attached hydrogens (primary N) is 1. The average Bonchev–Trinajstić information content (AvgIpc) is 3.40.